The van der Waals surface area contributed by atoms with E-state index in [1.54, 1.807) is 0 Å². The molecule has 0 heterocycles. The Bertz CT molecular complexity index is 226. The summed E-state index contributed by atoms with van der Waals surface area (Å²) < 4.78 is 4.48. The zero-order chi connectivity index (χ0) is 11.1. The van der Waals surface area contributed by atoms with Crippen molar-refractivity contribution >= 4 is 12.1 Å². The molecule has 6 heteroatoms. The molecule has 14 heavy (non-hydrogen) atoms. The predicted molar refractivity (Wildman–Crippen MR) is 47.8 cm³/mol. The van der Waals surface area contributed by atoms with E-state index in [2.05, 4.69) is 11.3 Å². The summed E-state index contributed by atoms with van der Waals surface area (Å²) in [5, 5.41) is 19.5. The second kappa shape index (κ2) is 5.98. The van der Waals surface area contributed by atoms with E-state index < -0.39 is 24.2 Å². The number of carboxylic acid groups (broad SMARTS) is 1. The van der Waals surface area contributed by atoms with Gasteiger partial charge in [0.2, 0.25) is 0 Å². The predicted octanol–water partition coefficient (Wildman–Crippen LogP) is -0.267. The molecule has 0 aliphatic heterocycles. The Morgan fingerprint density at radius 2 is 2.21 bits per heavy atom. The van der Waals surface area contributed by atoms with Crippen LogP contribution in [-0.4, -0.2) is 41.0 Å². The van der Waals surface area contributed by atoms with E-state index in [1.165, 1.54) is 13.0 Å². The molecule has 0 aliphatic rings. The van der Waals surface area contributed by atoms with Gasteiger partial charge in [0, 0.05) is 0 Å². The number of carboxylic acids is 1. The first-order chi connectivity index (χ1) is 6.49. The molecule has 6 nitrogen and oxygen atoms in total. The fraction of sp³-hybridized carbons (Fsp3) is 0.500. The van der Waals surface area contributed by atoms with E-state index in [-0.39, 0.29) is 6.61 Å². The zero-order valence-corrected chi connectivity index (χ0v) is 7.77. The summed E-state index contributed by atoms with van der Waals surface area (Å²) in [7, 11) is 0. The van der Waals surface area contributed by atoms with E-state index in [1.807, 2.05) is 5.32 Å². The smallest absolute Gasteiger partial charge is 0.408 e. The van der Waals surface area contributed by atoms with Crippen molar-refractivity contribution in [3.05, 3.63) is 12.7 Å². The summed E-state index contributed by atoms with van der Waals surface area (Å²) in [5.74, 6) is -1.32. The Balaban J connectivity index is 4.09. The van der Waals surface area contributed by atoms with Gasteiger partial charge in [0.15, 0.2) is 6.04 Å². The number of aliphatic carboxylic acids is 1. The van der Waals surface area contributed by atoms with Crippen molar-refractivity contribution in [2.24, 2.45) is 0 Å². The normalized spacial score (nSPS) is 13.9. The Kier molecular flexibility index (Phi) is 5.31. The summed E-state index contributed by atoms with van der Waals surface area (Å²) in [6, 6.07) is -1.37. The first-order valence-corrected chi connectivity index (χ1v) is 3.94. The lowest BCUT2D eigenvalue weighted by molar-refractivity contribution is -0.141. The molecule has 0 saturated heterocycles. The number of alkyl carbamates (subject to hydrolysis) is 1. The quantitative estimate of drug-likeness (QED) is 0.534. The van der Waals surface area contributed by atoms with Gasteiger partial charge in [-0.1, -0.05) is 12.7 Å². The molecule has 0 aliphatic carbocycles. The van der Waals surface area contributed by atoms with E-state index in [0.717, 1.165) is 0 Å². The molecule has 2 atom stereocenters. The average molecular weight is 203 g/mol. The third kappa shape index (κ3) is 4.46. The number of hydrogen-bond acceptors (Lipinski definition) is 4. The molecular formula is C8H13NO5. The van der Waals surface area contributed by atoms with Crippen LogP contribution in [0, 0.1) is 0 Å². The number of nitrogens with one attached hydrogen (secondary N) is 1. The molecule has 0 bridgehead atoms. The van der Waals surface area contributed by atoms with Gasteiger partial charge in [0.1, 0.15) is 6.61 Å². The van der Waals surface area contributed by atoms with Gasteiger partial charge in [-0.3, -0.25) is 0 Å². The highest BCUT2D eigenvalue weighted by Gasteiger charge is 2.25. The van der Waals surface area contributed by atoms with Gasteiger partial charge in [0.05, 0.1) is 6.10 Å². The van der Waals surface area contributed by atoms with Crippen LogP contribution in [0.3, 0.4) is 0 Å². The summed E-state index contributed by atoms with van der Waals surface area (Å²) in [5.41, 5.74) is 0. The highest BCUT2D eigenvalue weighted by Crippen LogP contribution is 1.93. The molecule has 3 N–H and O–H groups in total. The number of ether oxygens (including phenoxy) is 1. The second-order valence-electron chi connectivity index (χ2n) is 2.59. The maximum Gasteiger partial charge on any atom is 0.408 e. The van der Waals surface area contributed by atoms with Gasteiger partial charge < -0.3 is 20.3 Å². The minimum absolute atomic E-state index is 0.0159. The van der Waals surface area contributed by atoms with Gasteiger partial charge >= 0.3 is 12.1 Å². The van der Waals surface area contributed by atoms with Crippen molar-refractivity contribution in [3.63, 3.8) is 0 Å². The SMILES string of the molecule is C=CCOC(=O)N[C@@H](C(=O)O)[C@@H](C)O. The lowest BCUT2D eigenvalue weighted by Gasteiger charge is -2.16. The largest absolute Gasteiger partial charge is 0.480 e. The van der Waals surface area contributed by atoms with Gasteiger partial charge in [-0.25, -0.2) is 9.59 Å². The van der Waals surface area contributed by atoms with Gasteiger partial charge in [0.25, 0.3) is 0 Å². The molecule has 80 valence electrons. The second-order valence-corrected chi connectivity index (χ2v) is 2.59. The summed E-state index contributed by atoms with van der Waals surface area (Å²) in [6.07, 6.45) is -0.750. The maximum atomic E-state index is 10.9. The molecule has 0 aromatic rings. The van der Waals surface area contributed by atoms with Gasteiger partial charge in [-0.15, -0.1) is 0 Å². The highest BCUT2D eigenvalue weighted by molar-refractivity contribution is 5.80. The summed E-state index contributed by atoms with van der Waals surface area (Å²) in [6.45, 7) is 4.55. The molecule has 0 rings (SSSR count). The number of aliphatic hydroxyl groups excluding tert-OH is 1. The fourth-order valence-corrected chi connectivity index (χ4v) is 0.692. The van der Waals surface area contributed by atoms with Crippen molar-refractivity contribution in [2.75, 3.05) is 6.61 Å². The highest BCUT2D eigenvalue weighted by atomic mass is 16.5. The number of hydrogen-bond donors (Lipinski definition) is 3. The topological polar surface area (TPSA) is 95.9 Å². The molecule has 0 aromatic carbocycles. The van der Waals surface area contributed by atoms with Crippen molar-refractivity contribution in [2.45, 2.75) is 19.1 Å². The molecule has 0 fully saturated rings. The lowest BCUT2D eigenvalue weighted by Crippen LogP contribution is -2.47. The fourth-order valence-electron chi connectivity index (χ4n) is 0.692. The number of carbonyl (C=O) groups excluding carboxylic acids is 1. The number of aliphatic hydroxyl groups is 1. The molecule has 0 unspecified atom stereocenters. The van der Waals surface area contributed by atoms with Gasteiger partial charge in [-0.05, 0) is 6.92 Å². The number of amides is 1. The van der Waals surface area contributed by atoms with Crippen molar-refractivity contribution < 1.29 is 24.5 Å². The monoisotopic (exact) mass is 203 g/mol. The first kappa shape index (κ1) is 12.4. The summed E-state index contributed by atoms with van der Waals surface area (Å²) >= 11 is 0. The Morgan fingerprint density at radius 1 is 1.64 bits per heavy atom. The minimum atomic E-state index is -1.37. The molecule has 0 aromatic heterocycles. The third-order valence-electron chi connectivity index (χ3n) is 1.35. The molecule has 0 spiro atoms. The van der Waals surface area contributed by atoms with Crippen LogP contribution in [-0.2, 0) is 9.53 Å². The van der Waals surface area contributed by atoms with Crippen LogP contribution in [0.2, 0.25) is 0 Å². The van der Waals surface area contributed by atoms with Gasteiger partial charge in [-0.2, -0.15) is 0 Å². The molecular weight excluding hydrogens is 190 g/mol. The Labute approximate surface area is 81.2 Å². The van der Waals surface area contributed by atoms with Crippen LogP contribution >= 0.6 is 0 Å². The van der Waals surface area contributed by atoms with Crippen LogP contribution in [0.1, 0.15) is 6.92 Å². The molecule has 0 saturated carbocycles. The maximum absolute atomic E-state index is 10.9. The molecule has 0 radical (unpaired) electrons. The van der Waals surface area contributed by atoms with E-state index in [4.69, 9.17) is 10.2 Å². The Hall–Kier alpha value is -1.56. The minimum Gasteiger partial charge on any atom is -0.480 e. The van der Waals surface area contributed by atoms with E-state index >= 15 is 0 Å². The summed E-state index contributed by atoms with van der Waals surface area (Å²) in [4.78, 5) is 21.4. The standard InChI is InChI=1S/C8H13NO5/c1-3-4-14-8(13)9-6(5(2)10)7(11)12/h3,5-6,10H,1,4H2,2H3,(H,9,13)(H,11,12)/t5-,6-/m1/s1. The molecule has 1 amide bonds. The van der Waals surface area contributed by atoms with Crippen molar-refractivity contribution in [1.29, 1.82) is 0 Å². The van der Waals surface area contributed by atoms with Crippen LogP contribution in [0.5, 0.6) is 0 Å². The Morgan fingerprint density at radius 3 is 2.57 bits per heavy atom. The lowest BCUT2D eigenvalue weighted by atomic mass is 10.2. The number of carbonyl (C=O) groups is 2. The van der Waals surface area contributed by atoms with E-state index in [9.17, 15) is 9.59 Å². The van der Waals surface area contributed by atoms with Crippen LogP contribution in [0.15, 0.2) is 12.7 Å². The van der Waals surface area contributed by atoms with E-state index in [0.29, 0.717) is 0 Å². The van der Waals surface area contributed by atoms with Crippen LogP contribution < -0.4 is 5.32 Å². The number of rotatable bonds is 5. The van der Waals surface area contributed by atoms with Crippen molar-refractivity contribution in [3.8, 4) is 0 Å². The third-order valence-corrected chi connectivity index (χ3v) is 1.35. The van der Waals surface area contributed by atoms with Crippen LogP contribution in [0.25, 0.3) is 0 Å². The van der Waals surface area contributed by atoms with Crippen LogP contribution in [0.4, 0.5) is 4.79 Å². The average Bonchev–Trinajstić information content (AvgIpc) is 2.09. The first-order valence-electron chi connectivity index (χ1n) is 3.94. The zero-order valence-electron chi connectivity index (χ0n) is 7.77. The van der Waals surface area contributed by atoms with Crippen molar-refractivity contribution in [1.82, 2.24) is 5.32 Å².